The normalized spacial score (nSPS) is 11.9. The van der Waals surface area contributed by atoms with Gasteiger partial charge in [0.2, 0.25) is 5.91 Å². The van der Waals surface area contributed by atoms with E-state index in [-0.39, 0.29) is 11.9 Å². The van der Waals surface area contributed by atoms with Crippen LogP contribution in [0.2, 0.25) is 0 Å². The number of nitrogens with one attached hydrogen (secondary N) is 1. The Balaban J connectivity index is 1.91. The first-order valence-corrected chi connectivity index (χ1v) is 9.41. The number of hydrogen-bond acceptors (Lipinski definition) is 4. The summed E-state index contributed by atoms with van der Waals surface area (Å²) in [6, 6.07) is 15.8. The highest BCUT2D eigenvalue weighted by atomic mass is 16.5. The summed E-state index contributed by atoms with van der Waals surface area (Å²) in [5.74, 6) is 1.69. The molecular formula is C22H30N2O3. The van der Waals surface area contributed by atoms with Crippen molar-refractivity contribution < 1.29 is 14.3 Å². The van der Waals surface area contributed by atoms with Crippen molar-refractivity contribution in [3.8, 4) is 11.5 Å². The summed E-state index contributed by atoms with van der Waals surface area (Å²) in [6.45, 7) is 5.76. The maximum Gasteiger partial charge on any atom is 0.224 e. The highest BCUT2D eigenvalue weighted by Gasteiger charge is 2.15. The number of nitrogens with zero attached hydrogens (tertiary/aromatic N) is 1. The van der Waals surface area contributed by atoms with Crippen molar-refractivity contribution in [3.63, 3.8) is 0 Å². The third-order valence-electron chi connectivity index (χ3n) is 4.29. The quantitative estimate of drug-likeness (QED) is 0.696. The van der Waals surface area contributed by atoms with Crippen molar-refractivity contribution in [2.75, 3.05) is 33.9 Å². The molecular weight excluding hydrogens is 340 g/mol. The lowest BCUT2D eigenvalue weighted by atomic mass is 10.1. The first-order valence-electron chi connectivity index (χ1n) is 9.41. The van der Waals surface area contributed by atoms with E-state index in [4.69, 9.17) is 9.47 Å². The Kier molecular flexibility index (Phi) is 8.14. The van der Waals surface area contributed by atoms with Gasteiger partial charge in [0.15, 0.2) is 0 Å². The number of amides is 1. The van der Waals surface area contributed by atoms with Gasteiger partial charge in [0.25, 0.3) is 0 Å². The van der Waals surface area contributed by atoms with E-state index in [1.54, 1.807) is 0 Å². The monoisotopic (exact) mass is 370 g/mol. The maximum atomic E-state index is 12.3. The van der Waals surface area contributed by atoms with Crippen LogP contribution in [-0.4, -0.2) is 44.7 Å². The van der Waals surface area contributed by atoms with E-state index >= 15 is 0 Å². The van der Waals surface area contributed by atoms with E-state index in [1.807, 2.05) is 76.5 Å². The van der Waals surface area contributed by atoms with Gasteiger partial charge in [0.1, 0.15) is 11.5 Å². The molecule has 0 aliphatic heterocycles. The highest BCUT2D eigenvalue weighted by Crippen LogP contribution is 2.21. The molecule has 0 radical (unpaired) electrons. The lowest BCUT2D eigenvalue weighted by molar-refractivity contribution is -0.120. The zero-order valence-corrected chi connectivity index (χ0v) is 16.7. The second-order valence-corrected chi connectivity index (χ2v) is 6.54. The van der Waals surface area contributed by atoms with Crippen LogP contribution in [0.5, 0.6) is 11.5 Å². The molecule has 0 spiro atoms. The van der Waals surface area contributed by atoms with Crippen LogP contribution in [0.3, 0.4) is 0 Å². The van der Waals surface area contributed by atoms with Crippen molar-refractivity contribution in [1.29, 1.82) is 0 Å². The first-order chi connectivity index (χ1) is 13.0. The second kappa shape index (κ2) is 10.6. The van der Waals surface area contributed by atoms with Gasteiger partial charge in [0, 0.05) is 6.54 Å². The molecule has 5 nitrogen and oxygen atoms in total. The van der Waals surface area contributed by atoms with Crippen LogP contribution in [-0.2, 0) is 11.2 Å². The molecule has 1 N–H and O–H groups in total. The van der Waals surface area contributed by atoms with Gasteiger partial charge >= 0.3 is 0 Å². The number of carbonyl (C=O) groups excluding carboxylic acids is 1. The van der Waals surface area contributed by atoms with Gasteiger partial charge in [-0.2, -0.15) is 0 Å². The fourth-order valence-electron chi connectivity index (χ4n) is 2.88. The molecule has 2 aromatic rings. The molecule has 5 heteroatoms. The predicted molar refractivity (Wildman–Crippen MR) is 108 cm³/mol. The second-order valence-electron chi connectivity index (χ2n) is 6.54. The lowest BCUT2D eigenvalue weighted by Crippen LogP contribution is -2.35. The SMILES string of the molecule is CCOc1ccc(CC(=O)NCC(c2ccc(OCC)cc2)N(C)C)cc1. The summed E-state index contributed by atoms with van der Waals surface area (Å²) < 4.78 is 10.9. The molecule has 1 amide bonds. The van der Waals surface area contributed by atoms with E-state index in [0.717, 1.165) is 22.6 Å². The Morgan fingerprint density at radius 3 is 1.93 bits per heavy atom. The summed E-state index contributed by atoms with van der Waals surface area (Å²) in [5, 5.41) is 3.05. The number of hydrogen-bond donors (Lipinski definition) is 1. The summed E-state index contributed by atoms with van der Waals surface area (Å²) in [7, 11) is 4.03. The van der Waals surface area contributed by atoms with Gasteiger partial charge in [0.05, 0.1) is 25.7 Å². The predicted octanol–water partition coefficient (Wildman–Crippen LogP) is 3.45. The van der Waals surface area contributed by atoms with Gasteiger partial charge in [-0.05, 0) is 63.3 Å². The minimum Gasteiger partial charge on any atom is -0.494 e. The van der Waals surface area contributed by atoms with Gasteiger partial charge < -0.3 is 19.7 Å². The van der Waals surface area contributed by atoms with Crippen LogP contribution in [0.1, 0.15) is 31.0 Å². The minimum atomic E-state index is 0.0111. The number of benzene rings is 2. The van der Waals surface area contributed by atoms with Crippen LogP contribution in [0, 0.1) is 0 Å². The average Bonchev–Trinajstić information content (AvgIpc) is 2.65. The molecule has 0 fully saturated rings. The maximum absolute atomic E-state index is 12.3. The van der Waals surface area contributed by atoms with Crippen molar-refractivity contribution in [2.45, 2.75) is 26.3 Å². The Labute approximate surface area is 162 Å². The first kappa shape index (κ1) is 20.8. The molecule has 1 atom stereocenters. The topological polar surface area (TPSA) is 50.8 Å². The summed E-state index contributed by atoms with van der Waals surface area (Å²) >= 11 is 0. The van der Waals surface area contributed by atoms with Gasteiger partial charge in [-0.15, -0.1) is 0 Å². The number of rotatable bonds is 10. The van der Waals surface area contributed by atoms with E-state index in [1.165, 1.54) is 0 Å². The fourth-order valence-corrected chi connectivity index (χ4v) is 2.88. The van der Waals surface area contributed by atoms with E-state index in [9.17, 15) is 4.79 Å². The van der Waals surface area contributed by atoms with Gasteiger partial charge in [-0.1, -0.05) is 24.3 Å². The zero-order chi connectivity index (χ0) is 19.6. The third kappa shape index (κ3) is 6.61. The van der Waals surface area contributed by atoms with Crippen molar-refractivity contribution in [2.24, 2.45) is 0 Å². The van der Waals surface area contributed by atoms with Crippen LogP contribution in [0.15, 0.2) is 48.5 Å². The van der Waals surface area contributed by atoms with E-state index < -0.39 is 0 Å². The lowest BCUT2D eigenvalue weighted by Gasteiger charge is -2.25. The van der Waals surface area contributed by atoms with Crippen LogP contribution in [0.4, 0.5) is 0 Å². The number of ether oxygens (including phenoxy) is 2. The van der Waals surface area contributed by atoms with E-state index in [0.29, 0.717) is 26.2 Å². The third-order valence-corrected chi connectivity index (χ3v) is 4.29. The Bertz CT molecular complexity index is 697. The minimum absolute atomic E-state index is 0.0111. The Morgan fingerprint density at radius 1 is 0.926 bits per heavy atom. The summed E-state index contributed by atoms with van der Waals surface area (Å²) in [6.07, 6.45) is 0.357. The van der Waals surface area contributed by atoms with E-state index in [2.05, 4.69) is 10.2 Å². The highest BCUT2D eigenvalue weighted by molar-refractivity contribution is 5.78. The molecule has 0 heterocycles. The van der Waals surface area contributed by atoms with Crippen molar-refractivity contribution >= 4 is 5.91 Å². The molecule has 0 saturated heterocycles. The molecule has 2 aromatic carbocycles. The number of likely N-dealkylation sites (N-methyl/N-ethyl adjacent to an activating group) is 1. The smallest absolute Gasteiger partial charge is 0.224 e. The van der Waals surface area contributed by atoms with Crippen molar-refractivity contribution in [1.82, 2.24) is 10.2 Å². The molecule has 146 valence electrons. The summed E-state index contributed by atoms with van der Waals surface area (Å²) in [4.78, 5) is 14.4. The molecule has 27 heavy (non-hydrogen) atoms. The molecule has 0 aromatic heterocycles. The summed E-state index contributed by atoms with van der Waals surface area (Å²) in [5.41, 5.74) is 2.11. The fraction of sp³-hybridized carbons (Fsp3) is 0.409. The molecule has 1 unspecified atom stereocenters. The van der Waals surface area contributed by atoms with Crippen LogP contribution >= 0.6 is 0 Å². The Hall–Kier alpha value is -2.53. The largest absolute Gasteiger partial charge is 0.494 e. The average molecular weight is 370 g/mol. The van der Waals surface area contributed by atoms with Gasteiger partial charge in [-0.3, -0.25) is 4.79 Å². The van der Waals surface area contributed by atoms with Crippen LogP contribution in [0.25, 0.3) is 0 Å². The van der Waals surface area contributed by atoms with Crippen LogP contribution < -0.4 is 14.8 Å². The number of carbonyl (C=O) groups is 1. The molecule has 0 aliphatic rings. The standard InChI is InChI=1S/C22H30N2O3/c1-5-26-19-11-7-17(8-12-19)15-22(25)23-16-21(24(3)4)18-9-13-20(14-10-18)27-6-2/h7-14,21H,5-6,15-16H2,1-4H3,(H,23,25). The molecule has 2 rings (SSSR count). The molecule has 0 saturated carbocycles. The zero-order valence-electron chi connectivity index (χ0n) is 16.7. The van der Waals surface area contributed by atoms with Gasteiger partial charge in [-0.25, -0.2) is 0 Å². The van der Waals surface area contributed by atoms with Crippen molar-refractivity contribution in [3.05, 3.63) is 59.7 Å². The molecule has 0 bridgehead atoms. The molecule has 0 aliphatic carbocycles. The Morgan fingerprint density at radius 2 is 1.44 bits per heavy atom.